The van der Waals surface area contributed by atoms with Crippen LogP contribution in [-0.4, -0.2) is 29.7 Å². The van der Waals surface area contributed by atoms with Gasteiger partial charge in [-0.05, 0) is 42.7 Å². The first kappa shape index (κ1) is 15.5. The third kappa shape index (κ3) is 3.67. The Kier molecular flexibility index (Phi) is 4.55. The number of carbonyl (C=O) groups is 2. The summed E-state index contributed by atoms with van der Waals surface area (Å²) in [6.07, 6.45) is 3.11. The summed E-state index contributed by atoms with van der Waals surface area (Å²) in [6.45, 7) is 1.11. The summed E-state index contributed by atoms with van der Waals surface area (Å²) in [5, 5.41) is 0. The zero-order valence-corrected chi connectivity index (χ0v) is 12.7. The topological polar surface area (TPSA) is 50.5 Å². The van der Waals surface area contributed by atoms with Crippen LogP contribution in [0.25, 0.3) is 0 Å². The number of nitrogens with zero attached hydrogens (tertiary/aromatic N) is 1. The van der Waals surface area contributed by atoms with Gasteiger partial charge in [-0.3, -0.25) is 9.59 Å². The fraction of sp³-hybridized carbons (Fsp3) is 0.333. The van der Waals surface area contributed by atoms with Crippen molar-refractivity contribution in [1.82, 2.24) is 4.90 Å². The van der Waals surface area contributed by atoms with E-state index < -0.39 is 0 Å². The first-order valence-corrected chi connectivity index (χ1v) is 7.73. The second kappa shape index (κ2) is 6.77. The standard InChI is InChI=1S/C18H18FNO3/c19-15-5-3-13(4-6-15)12-16(21)14-7-9-20(10-8-14)18(22)17-2-1-11-23-17/h1-6,11,14H,7-10,12H2. The van der Waals surface area contributed by atoms with Crippen molar-refractivity contribution in [3.05, 3.63) is 59.8 Å². The van der Waals surface area contributed by atoms with Gasteiger partial charge in [0.25, 0.3) is 5.91 Å². The average molecular weight is 315 g/mol. The molecule has 5 heteroatoms. The van der Waals surface area contributed by atoms with E-state index in [0.29, 0.717) is 38.1 Å². The van der Waals surface area contributed by atoms with Crippen LogP contribution >= 0.6 is 0 Å². The van der Waals surface area contributed by atoms with Crippen LogP contribution in [0.5, 0.6) is 0 Å². The number of hydrogen-bond acceptors (Lipinski definition) is 3. The number of furan rings is 1. The summed E-state index contributed by atoms with van der Waals surface area (Å²) in [5.41, 5.74) is 0.825. The number of halogens is 1. The van der Waals surface area contributed by atoms with Crippen LogP contribution in [0.4, 0.5) is 4.39 Å². The molecule has 2 heterocycles. The van der Waals surface area contributed by atoms with Crippen molar-refractivity contribution < 1.29 is 18.4 Å². The van der Waals surface area contributed by atoms with Crippen LogP contribution in [0.15, 0.2) is 47.1 Å². The van der Waals surface area contributed by atoms with Crippen LogP contribution < -0.4 is 0 Å². The predicted octanol–water partition coefficient (Wildman–Crippen LogP) is 3.08. The molecular weight excluding hydrogens is 297 g/mol. The maximum atomic E-state index is 12.9. The Balaban J connectivity index is 1.53. The largest absolute Gasteiger partial charge is 0.459 e. The third-order valence-corrected chi connectivity index (χ3v) is 4.26. The number of amides is 1. The molecule has 3 rings (SSSR count). The fourth-order valence-electron chi connectivity index (χ4n) is 2.91. The number of benzene rings is 1. The minimum absolute atomic E-state index is 0.0410. The van der Waals surface area contributed by atoms with Crippen LogP contribution in [0, 0.1) is 11.7 Å². The molecule has 2 aromatic rings. The molecule has 0 radical (unpaired) electrons. The zero-order chi connectivity index (χ0) is 16.2. The summed E-state index contributed by atoms with van der Waals surface area (Å²) in [7, 11) is 0. The molecule has 0 unspecified atom stereocenters. The van der Waals surface area contributed by atoms with E-state index in [0.717, 1.165) is 5.56 Å². The van der Waals surface area contributed by atoms with Crippen molar-refractivity contribution in [1.29, 1.82) is 0 Å². The van der Waals surface area contributed by atoms with Crippen molar-refractivity contribution in [2.45, 2.75) is 19.3 Å². The summed E-state index contributed by atoms with van der Waals surface area (Å²) in [4.78, 5) is 26.2. The van der Waals surface area contributed by atoms with Gasteiger partial charge in [0.2, 0.25) is 0 Å². The van der Waals surface area contributed by atoms with Crippen molar-refractivity contribution in [3.8, 4) is 0 Å². The van der Waals surface area contributed by atoms with Crippen LogP contribution in [0.3, 0.4) is 0 Å². The van der Waals surface area contributed by atoms with Crippen LogP contribution in [0.2, 0.25) is 0 Å². The number of likely N-dealkylation sites (tertiary alicyclic amines) is 1. The Labute approximate surface area is 133 Å². The molecule has 1 aliphatic rings. The van der Waals surface area contributed by atoms with E-state index in [1.165, 1.54) is 18.4 Å². The molecule has 0 saturated carbocycles. The summed E-state index contributed by atoms with van der Waals surface area (Å²) < 4.78 is 18.0. The van der Waals surface area contributed by atoms with Crippen LogP contribution in [-0.2, 0) is 11.2 Å². The molecule has 0 N–H and O–H groups in total. The zero-order valence-electron chi connectivity index (χ0n) is 12.7. The molecule has 1 aromatic carbocycles. The molecule has 1 amide bonds. The van der Waals surface area contributed by atoms with Crippen LogP contribution in [0.1, 0.15) is 29.0 Å². The molecule has 0 aliphatic carbocycles. The number of rotatable bonds is 4. The third-order valence-electron chi connectivity index (χ3n) is 4.26. The molecular formula is C18H18FNO3. The second-order valence-electron chi connectivity index (χ2n) is 5.81. The normalized spacial score (nSPS) is 15.6. The van der Waals surface area contributed by atoms with Crippen molar-refractivity contribution in [2.75, 3.05) is 13.1 Å². The Morgan fingerprint density at radius 1 is 1.13 bits per heavy atom. The highest BCUT2D eigenvalue weighted by Gasteiger charge is 2.28. The highest BCUT2D eigenvalue weighted by atomic mass is 19.1. The molecule has 1 aliphatic heterocycles. The molecule has 4 nitrogen and oxygen atoms in total. The Morgan fingerprint density at radius 2 is 1.83 bits per heavy atom. The average Bonchev–Trinajstić information content (AvgIpc) is 3.11. The van der Waals surface area contributed by atoms with Gasteiger partial charge in [-0.2, -0.15) is 0 Å². The van der Waals surface area contributed by atoms with E-state index >= 15 is 0 Å². The number of piperidine rings is 1. The molecule has 0 atom stereocenters. The predicted molar refractivity (Wildman–Crippen MR) is 82.4 cm³/mol. The van der Waals surface area contributed by atoms with E-state index in [1.54, 1.807) is 29.2 Å². The monoisotopic (exact) mass is 315 g/mol. The lowest BCUT2D eigenvalue weighted by Crippen LogP contribution is -2.40. The van der Waals surface area contributed by atoms with Gasteiger partial charge in [-0.15, -0.1) is 0 Å². The van der Waals surface area contributed by atoms with Gasteiger partial charge >= 0.3 is 0 Å². The van der Waals surface area contributed by atoms with Gasteiger partial charge in [-0.1, -0.05) is 12.1 Å². The van der Waals surface area contributed by atoms with Gasteiger partial charge in [-0.25, -0.2) is 4.39 Å². The molecule has 0 spiro atoms. The molecule has 120 valence electrons. The Bertz CT molecular complexity index is 671. The number of carbonyl (C=O) groups excluding carboxylic acids is 2. The van der Waals surface area contributed by atoms with E-state index in [1.807, 2.05) is 0 Å². The van der Waals surface area contributed by atoms with E-state index in [4.69, 9.17) is 4.42 Å². The van der Waals surface area contributed by atoms with Gasteiger partial charge in [0.1, 0.15) is 11.6 Å². The van der Waals surface area contributed by atoms with Crippen molar-refractivity contribution in [3.63, 3.8) is 0 Å². The minimum Gasteiger partial charge on any atom is -0.459 e. The SMILES string of the molecule is O=C(Cc1ccc(F)cc1)C1CCN(C(=O)c2ccco2)CC1. The van der Waals surface area contributed by atoms with Crippen molar-refractivity contribution >= 4 is 11.7 Å². The minimum atomic E-state index is -0.300. The fourth-order valence-corrected chi connectivity index (χ4v) is 2.91. The maximum Gasteiger partial charge on any atom is 0.289 e. The number of Topliss-reactive ketones (excluding diaryl/α,β-unsaturated/α-hetero) is 1. The first-order chi connectivity index (χ1) is 11.1. The summed E-state index contributed by atoms with van der Waals surface area (Å²) in [6, 6.07) is 9.35. The quantitative estimate of drug-likeness (QED) is 0.871. The van der Waals surface area contributed by atoms with Gasteiger partial charge < -0.3 is 9.32 Å². The van der Waals surface area contributed by atoms with Crippen molar-refractivity contribution in [2.24, 2.45) is 5.92 Å². The summed E-state index contributed by atoms with van der Waals surface area (Å²) >= 11 is 0. The lowest BCUT2D eigenvalue weighted by Gasteiger charge is -2.30. The summed E-state index contributed by atoms with van der Waals surface area (Å²) in [5.74, 6) is 0.0221. The smallest absolute Gasteiger partial charge is 0.289 e. The molecule has 1 fully saturated rings. The Morgan fingerprint density at radius 3 is 2.43 bits per heavy atom. The van der Waals surface area contributed by atoms with Gasteiger partial charge in [0, 0.05) is 25.4 Å². The number of ketones is 1. The lowest BCUT2D eigenvalue weighted by molar-refractivity contribution is -0.123. The molecule has 0 bridgehead atoms. The highest BCUT2D eigenvalue weighted by molar-refractivity contribution is 5.91. The molecule has 23 heavy (non-hydrogen) atoms. The molecule has 1 aromatic heterocycles. The number of hydrogen-bond donors (Lipinski definition) is 0. The second-order valence-corrected chi connectivity index (χ2v) is 5.81. The highest BCUT2D eigenvalue weighted by Crippen LogP contribution is 2.21. The van der Waals surface area contributed by atoms with E-state index in [9.17, 15) is 14.0 Å². The lowest BCUT2D eigenvalue weighted by atomic mass is 9.89. The first-order valence-electron chi connectivity index (χ1n) is 7.73. The Hall–Kier alpha value is -2.43. The van der Waals surface area contributed by atoms with Gasteiger partial charge in [0.05, 0.1) is 6.26 Å². The molecule has 1 saturated heterocycles. The maximum absolute atomic E-state index is 12.9. The van der Waals surface area contributed by atoms with E-state index in [-0.39, 0.29) is 23.4 Å². The van der Waals surface area contributed by atoms with E-state index in [2.05, 4.69) is 0 Å². The van der Waals surface area contributed by atoms with Gasteiger partial charge in [0.15, 0.2) is 5.76 Å².